The van der Waals surface area contributed by atoms with Crippen molar-refractivity contribution in [3.05, 3.63) is 71.3 Å². The summed E-state index contributed by atoms with van der Waals surface area (Å²) in [5.41, 5.74) is 3.02. The molecule has 0 aliphatic heterocycles. The summed E-state index contributed by atoms with van der Waals surface area (Å²) in [6.45, 7) is 2.61. The molecule has 1 N–H and O–H groups in total. The highest BCUT2D eigenvalue weighted by molar-refractivity contribution is 5.94. The second-order valence-electron chi connectivity index (χ2n) is 4.04. The van der Waals surface area contributed by atoms with E-state index in [1.54, 1.807) is 0 Å². The van der Waals surface area contributed by atoms with Gasteiger partial charge in [0.25, 0.3) is 5.91 Å². The molecule has 0 bridgehead atoms. The van der Waals surface area contributed by atoms with Crippen LogP contribution in [0.25, 0.3) is 0 Å². The van der Waals surface area contributed by atoms with Crippen molar-refractivity contribution in [2.75, 3.05) is 0 Å². The highest BCUT2D eigenvalue weighted by atomic mass is 16.1. The van der Waals surface area contributed by atoms with Crippen LogP contribution in [0.15, 0.2) is 54.6 Å². The first-order chi connectivity index (χ1) is 8.25. The van der Waals surface area contributed by atoms with Crippen LogP contribution < -0.4 is 5.32 Å². The minimum Gasteiger partial charge on any atom is -0.348 e. The lowest BCUT2D eigenvalue weighted by Gasteiger charge is -2.05. The maximum absolute atomic E-state index is 11.8. The molecule has 17 heavy (non-hydrogen) atoms. The molecule has 2 aromatic carbocycles. The Hall–Kier alpha value is -2.09. The van der Waals surface area contributed by atoms with Gasteiger partial charge in [-0.3, -0.25) is 4.79 Å². The molecule has 0 aliphatic rings. The van der Waals surface area contributed by atoms with Crippen molar-refractivity contribution in [3.8, 4) is 0 Å². The van der Waals surface area contributed by atoms with Crippen molar-refractivity contribution in [3.63, 3.8) is 0 Å². The minimum absolute atomic E-state index is 0.0351. The third-order valence-corrected chi connectivity index (χ3v) is 2.57. The second-order valence-corrected chi connectivity index (χ2v) is 4.04. The van der Waals surface area contributed by atoms with Crippen LogP contribution in [0.3, 0.4) is 0 Å². The topological polar surface area (TPSA) is 29.1 Å². The number of carbonyl (C=O) groups is 1. The van der Waals surface area contributed by atoms with Gasteiger partial charge in [0.2, 0.25) is 0 Å². The number of amides is 1. The first kappa shape index (κ1) is 11.4. The molecule has 0 aromatic heterocycles. The van der Waals surface area contributed by atoms with E-state index in [9.17, 15) is 4.79 Å². The molecule has 0 spiro atoms. The normalized spacial score (nSPS) is 9.94. The Morgan fingerprint density at radius 3 is 2.53 bits per heavy atom. The summed E-state index contributed by atoms with van der Waals surface area (Å²) >= 11 is 0. The lowest BCUT2D eigenvalue weighted by Crippen LogP contribution is -2.22. The van der Waals surface area contributed by atoms with E-state index in [4.69, 9.17) is 0 Å². The minimum atomic E-state index is -0.0351. The Labute approximate surface area is 101 Å². The van der Waals surface area contributed by atoms with E-state index < -0.39 is 0 Å². The first-order valence-electron chi connectivity index (χ1n) is 5.64. The van der Waals surface area contributed by atoms with Gasteiger partial charge in [-0.05, 0) is 24.6 Å². The fourth-order valence-corrected chi connectivity index (χ4v) is 1.70. The van der Waals surface area contributed by atoms with Crippen molar-refractivity contribution in [1.29, 1.82) is 0 Å². The third-order valence-electron chi connectivity index (χ3n) is 2.57. The summed E-state index contributed by atoms with van der Waals surface area (Å²) in [7, 11) is 0. The lowest BCUT2D eigenvalue weighted by molar-refractivity contribution is 0.0951. The number of nitrogens with one attached hydrogen (secondary N) is 1. The summed E-state index contributed by atoms with van der Waals surface area (Å²) < 4.78 is 0. The fraction of sp³-hybridized carbons (Fsp3) is 0.133. The highest BCUT2D eigenvalue weighted by Gasteiger charge is 2.03. The van der Waals surface area contributed by atoms with Crippen molar-refractivity contribution in [2.45, 2.75) is 13.5 Å². The standard InChI is InChI=1S/C15H15NO/c1-12-6-5-7-13(10-12)11-16-15(17)14-8-3-2-4-9-14/h2-10H,11H2,1H3,(H,16,17). The molecular formula is C15H15NO. The van der Waals surface area contributed by atoms with Gasteiger partial charge < -0.3 is 5.32 Å². The van der Waals surface area contributed by atoms with Crippen LogP contribution in [0.5, 0.6) is 0 Å². The van der Waals surface area contributed by atoms with E-state index in [-0.39, 0.29) is 5.91 Å². The molecule has 0 atom stereocenters. The second kappa shape index (κ2) is 5.30. The summed E-state index contributed by atoms with van der Waals surface area (Å²) in [4.78, 5) is 11.8. The summed E-state index contributed by atoms with van der Waals surface area (Å²) in [5.74, 6) is -0.0351. The summed E-state index contributed by atoms with van der Waals surface area (Å²) in [6.07, 6.45) is 0. The first-order valence-corrected chi connectivity index (χ1v) is 5.64. The Kier molecular flexibility index (Phi) is 3.55. The number of aryl methyl sites for hydroxylation is 1. The van der Waals surface area contributed by atoms with Gasteiger partial charge in [0.05, 0.1) is 0 Å². The van der Waals surface area contributed by atoms with E-state index in [2.05, 4.69) is 11.4 Å². The van der Waals surface area contributed by atoms with Gasteiger partial charge >= 0.3 is 0 Å². The van der Waals surface area contributed by atoms with Gasteiger partial charge in [-0.2, -0.15) is 0 Å². The van der Waals surface area contributed by atoms with Crippen molar-refractivity contribution in [2.24, 2.45) is 0 Å². The van der Waals surface area contributed by atoms with E-state index in [0.717, 1.165) is 5.56 Å². The predicted molar refractivity (Wildman–Crippen MR) is 68.8 cm³/mol. The summed E-state index contributed by atoms with van der Waals surface area (Å²) in [6, 6.07) is 17.4. The molecule has 2 rings (SSSR count). The Morgan fingerprint density at radius 1 is 1.06 bits per heavy atom. The van der Waals surface area contributed by atoms with E-state index in [1.165, 1.54) is 5.56 Å². The molecule has 0 radical (unpaired) electrons. The van der Waals surface area contributed by atoms with Gasteiger partial charge in [-0.1, -0.05) is 48.0 Å². The van der Waals surface area contributed by atoms with Gasteiger partial charge in [-0.15, -0.1) is 0 Å². The molecule has 0 fully saturated rings. The molecular weight excluding hydrogens is 210 g/mol. The van der Waals surface area contributed by atoms with Crippen molar-refractivity contribution in [1.82, 2.24) is 5.32 Å². The van der Waals surface area contributed by atoms with Gasteiger partial charge in [0.1, 0.15) is 0 Å². The number of hydrogen-bond acceptors (Lipinski definition) is 1. The maximum Gasteiger partial charge on any atom is 0.251 e. The molecule has 2 nitrogen and oxygen atoms in total. The zero-order chi connectivity index (χ0) is 12.1. The smallest absolute Gasteiger partial charge is 0.251 e. The van der Waals surface area contributed by atoms with E-state index in [0.29, 0.717) is 12.1 Å². The van der Waals surface area contributed by atoms with E-state index >= 15 is 0 Å². The highest BCUT2D eigenvalue weighted by Crippen LogP contribution is 2.04. The molecule has 2 aromatic rings. The molecule has 0 heterocycles. The van der Waals surface area contributed by atoms with Gasteiger partial charge in [0, 0.05) is 12.1 Å². The van der Waals surface area contributed by atoms with Crippen LogP contribution in [0, 0.1) is 6.92 Å². The summed E-state index contributed by atoms with van der Waals surface area (Å²) in [5, 5.41) is 2.90. The Morgan fingerprint density at radius 2 is 1.82 bits per heavy atom. The lowest BCUT2D eigenvalue weighted by atomic mass is 10.1. The third kappa shape index (κ3) is 3.18. The number of hydrogen-bond donors (Lipinski definition) is 1. The number of benzene rings is 2. The number of carbonyl (C=O) groups excluding carboxylic acids is 1. The molecule has 86 valence electrons. The Bertz CT molecular complexity index is 505. The average Bonchev–Trinajstić information content (AvgIpc) is 2.37. The predicted octanol–water partition coefficient (Wildman–Crippen LogP) is 2.93. The number of rotatable bonds is 3. The quantitative estimate of drug-likeness (QED) is 0.855. The molecule has 0 unspecified atom stereocenters. The van der Waals surface area contributed by atoms with Crippen LogP contribution in [-0.2, 0) is 6.54 Å². The zero-order valence-electron chi connectivity index (χ0n) is 9.81. The van der Waals surface area contributed by atoms with Crippen molar-refractivity contribution < 1.29 is 4.79 Å². The molecule has 0 aliphatic carbocycles. The Balaban J connectivity index is 1.97. The maximum atomic E-state index is 11.8. The van der Waals surface area contributed by atoms with Crippen LogP contribution in [0.2, 0.25) is 0 Å². The van der Waals surface area contributed by atoms with Crippen LogP contribution in [0.4, 0.5) is 0 Å². The van der Waals surface area contributed by atoms with Crippen LogP contribution in [0.1, 0.15) is 21.5 Å². The fourth-order valence-electron chi connectivity index (χ4n) is 1.70. The van der Waals surface area contributed by atoms with Crippen molar-refractivity contribution >= 4 is 5.91 Å². The van der Waals surface area contributed by atoms with Gasteiger partial charge in [-0.25, -0.2) is 0 Å². The molecule has 0 saturated heterocycles. The molecule has 0 saturated carbocycles. The van der Waals surface area contributed by atoms with Gasteiger partial charge in [0.15, 0.2) is 0 Å². The average molecular weight is 225 g/mol. The van der Waals surface area contributed by atoms with E-state index in [1.807, 2.05) is 55.5 Å². The molecule has 1 amide bonds. The van der Waals surface area contributed by atoms with Crippen LogP contribution in [-0.4, -0.2) is 5.91 Å². The monoisotopic (exact) mass is 225 g/mol. The van der Waals surface area contributed by atoms with Crippen LogP contribution >= 0.6 is 0 Å². The largest absolute Gasteiger partial charge is 0.348 e. The zero-order valence-corrected chi connectivity index (χ0v) is 9.81. The molecule has 2 heteroatoms. The SMILES string of the molecule is Cc1cccc(CNC(=O)c2ccccc2)c1.